The number of aliphatic imine (C=N–C) groups is 1. The van der Waals surface area contributed by atoms with Crippen LogP contribution in [0, 0.1) is 16.7 Å². The molecule has 3 nitrogen and oxygen atoms in total. The van der Waals surface area contributed by atoms with E-state index in [4.69, 9.17) is 4.99 Å². The van der Waals surface area contributed by atoms with Crippen LogP contribution in [0.1, 0.15) is 38.8 Å². The zero-order chi connectivity index (χ0) is 13.5. The first-order chi connectivity index (χ1) is 9.10. The van der Waals surface area contributed by atoms with Crippen LogP contribution in [0.3, 0.4) is 0 Å². The highest BCUT2D eigenvalue weighted by Crippen LogP contribution is 2.64. The third kappa shape index (κ3) is 1.75. The van der Waals surface area contributed by atoms with Gasteiger partial charge < -0.3 is 5.11 Å². The van der Waals surface area contributed by atoms with Gasteiger partial charge in [-0.05, 0) is 42.7 Å². The van der Waals surface area contributed by atoms with Crippen molar-refractivity contribution < 1.29 is 5.11 Å². The number of nitrogens with zero attached hydrogens (tertiary/aromatic N) is 2. The average molecular weight is 258 g/mol. The van der Waals surface area contributed by atoms with E-state index < -0.39 is 0 Å². The highest BCUT2D eigenvalue weighted by molar-refractivity contribution is 5.94. The van der Waals surface area contributed by atoms with Crippen molar-refractivity contribution in [2.75, 3.05) is 6.61 Å². The number of rotatable bonds is 3. The molecule has 3 rings (SSSR count). The van der Waals surface area contributed by atoms with E-state index in [-0.39, 0.29) is 17.4 Å². The fourth-order valence-electron chi connectivity index (χ4n) is 4.05. The summed E-state index contributed by atoms with van der Waals surface area (Å²) >= 11 is 0. The Labute approximate surface area is 114 Å². The summed E-state index contributed by atoms with van der Waals surface area (Å²) < 4.78 is 0. The molecule has 1 aromatic heterocycles. The minimum atomic E-state index is -0.0769. The first-order valence-electron chi connectivity index (χ1n) is 7.15. The van der Waals surface area contributed by atoms with Gasteiger partial charge in [0.1, 0.15) is 0 Å². The largest absolute Gasteiger partial charge is 0.395 e. The molecule has 1 heterocycles. The number of fused-ring (bicyclic) bond motifs is 2. The molecule has 102 valence electrons. The van der Waals surface area contributed by atoms with Crippen LogP contribution in [0.5, 0.6) is 0 Å². The second kappa shape index (κ2) is 4.41. The lowest BCUT2D eigenvalue weighted by Gasteiger charge is -2.36. The van der Waals surface area contributed by atoms with Crippen molar-refractivity contribution in [3.05, 3.63) is 30.1 Å². The van der Waals surface area contributed by atoms with Gasteiger partial charge in [0.2, 0.25) is 0 Å². The zero-order valence-electron chi connectivity index (χ0n) is 11.8. The van der Waals surface area contributed by atoms with Gasteiger partial charge in [-0.1, -0.05) is 19.9 Å². The molecular formula is C16H22N2O. The van der Waals surface area contributed by atoms with Crippen LogP contribution in [-0.2, 0) is 6.54 Å². The van der Waals surface area contributed by atoms with Gasteiger partial charge in [-0.15, -0.1) is 0 Å². The Morgan fingerprint density at radius 1 is 1.42 bits per heavy atom. The first kappa shape index (κ1) is 12.8. The molecular weight excluding hydrogens is 236 g/mol. The number of pyridine rings is 1. The molecule has 2 aliphatic rings. The van der Waals surface area contributed by atoms with Gasteiger partial charge in [0, 0.05) is 17.3 Å². The fourth-order valence-corrected chi connectivity index (χ4v) is 4.05. The van der Waals surface area contributed by atoms with Crippen molar-refractivity contribution in [2.24, 2.45) is 21.7 Å². The monoisotopic (exact) mass is 258 g/mol. The van der Waals surface area contributed by atoms with E-state index >= 15 is 0 Å². The van der Waals surface area contributed by atoms with Gasteiger partial charge in [-0.2, -0.15) is 0 Å². The van der Waals surface area contributed by atoms with Crippen LogP contribution < -0.4 is 0 Å². The van der Waals surface area contributed by atoms with Gasteiger partial charge in [-0.3, -0.25) is 9.98 Å². The van der Waals surface area contributed by atoms with E-state index in [1.165, 1.54) is 12.1 Å². The van der Waals surface area contributed by atoms with Crippen molar-refractivity contribution in [1.29, 1.82) is 0 Å². The minimum absolute atomic E-state index is 0.0769. The molecule has 2 bridgehead atoms. The van der Waals surface area contributed by atoms with Gasteiger partial charge in [0.25, 0.3) is 0 Å². The number of aliphatic hydroxyl groups excluding tert-OH is 1. The van der Waals surface area contributed by atoms with Crippen LogP contribution in [0.2, 0.25) is 0 Å². The second-order valence-corrected chi connectivity index (χ2v) is 6.49. The van der Waals surface area contributed by atoms with E-state index in [0.29, 0.717) is 12.5 Å². The van der Waals surface area contributed by atoms with Crippen molar-refractivity contribution in [1.82, 2.24) is 4.98 Å². The summed E-state index contributed by atoms with van der Waals surface area (Å²) in [5, 5.41) is 9.95. The molecule has 0 spiro atoms. The van der Waals surface area contributed by atoms with Crippen LogP contribution in [0.4, 0.5) is 0 Å². The average Bonchev–Trinajstić information content (AvgIpc) is 2.81. The molecule has 1 N–H and O–H groups in total. The lowest BCUT2D eigenvalue weighted by atomic mass is 9.69. The Bertz CT molecular complexity index is 495. The maximum absolute atomic E-state index is 9.95. The van der Waals surface area contributed by atoms with Crippen molar-refractivity contribution >= 4 is 5.71 Å². The third-order valence-electron chi connectivity index (χ3n) is 5.59. The molecule has 0 saturated heterocycles. The SMILES string of the molecule is CC1(C)[C@@H]2CC[C@@]1(CO)C(=NCc1ccccn1)C2. The van der Waals surface area contributed by atoms with E-state index in [1.54, 1.807) is 0 Å². The predicted molar refractivity (Wildman–Crippen MR) is 76.0 cm³/mol. The summed E-state index contributed by atoms with van der Waals surface area (Å²) in [5.74, 6) is 0.683. The molecule has 0 unspecified atom stereocenters. The lowest BCUT2D eigenvalue weighted by Crippen LogP contribution is -2.39. The summed E-state index contributed by atoms with van der Waals surface area (Å²) in [6.07, 6.45) is 5.18. The molecule has 1 aromatic rings. The van der Waals surface area contributed by atoms with Crippen LogP contribution in [0.25, 0.3) is 0 Å². The number of aromatic nitrogens is 1. The predicted octanol–water partition coefficient (Wildman–Crippen LogP) is 2.84. The molecule has 0 amide bonds. The Balaban J connectivity index is 1.86. The smallest absolute Gasteiger partial charge is 0.0811 e. The topological polar surface area (TPSA) is 45.5 Å². The fraction of sp³-hybridized carbons (Fsp3) is 0.625. The van der Waals surface area contributed by atoms with E-state index in [9.17, 15) is 5.11 Å². The molecule has 3 heteroatoms. The van der Waals surface area contributed by atoms with Gasteiger partial charge in [0.05, 0.1) is 18.8 Å². The summed E-state index contributed by atoms with van der Waals surface area (Å²) in [6.45, 7) is 5.46. The quantitative estimate of drug-likeness (QED) is 0.906. The summed E-state index contributed by atoms with van der Waals surface area (Å²) in [7, 11) is 0. The zero-order valence-corrected chi connectivity index (χ0v) is 11.8. The number of aliphatic hydroxyl groups is 1. The number of hydrogen-bond donors (Lipinski definition) is 1. The molecule has 0 radical (unpaired) electrons. The van der Waals surface area contributed by atoms with Gasteiger partial charge in [0.15, 0.2) is 0 Å². The van der Waals surface area contributed by atoms with Gasteiger partial charge in [-0.25, -0.2) is 0 Å². The molecule has 2 fully saturated rings. The highest BCUT2D eigenvalue weighted by atomic mass is 16.3. The van der Waals surface area contributed by atoms with E-state index in [1.807, 2.05) is 24.4 Å². The molecule has 19 heavy (non-hydrogen) atoms. The third-order valence-corrected chi connectivity index (χ3v) is 5.59. The molecule has 2 aliphatic carbocycles. The summed E-state index contributed by atoms with van der Waals surface area (Å²) in [5.41, 5.74) is 2.34. The molecule has 0 aliphatic heterocycles. The Kier molecular flexibility index (Phi) is 2.97. The van der Waals surface area contributed by atoms with Crippen molar-refractivity contribution in [2.45, 2.75) is 39.7 Å². The number of hydrogen-bond acceptors (Lipinski definition) is 3. The van der Waals surface area contributed by atoms with E-state index in [2.05, 4.69) is 18.8 Å². The van der Waals surface area contributed by atoms with Gasteiger partial charge >= 0.3 is 0 Å². The Hall–Kier alpha value is -1.22. The van der Waals surface area contributed by atoms with Crippen LogP contribution >= 0.6 is 0 Å². The second-order valence-electron chi connectivity index (χ2n) is 6.49. The summed E-state index contributed by atoms with van der Waals surface area (Å²) in [6, 6.07) is 5.93. The maximum Gasteiger partial charge on any atom is 0.0811 e. The Morgan fingerprint density at radius 2 is 2.26 bits per heavy atom. The standard InChI is InChI=1S/C16H22N2O/c1-15(2)12-6-7-16(15,11-19)14(9-12)18-10-13-5-3-4-8-17-13/h3-5,8,12,19H,6-7,9-11H2,1-2H3/t12-,16-/m1/s1. The highest BCUT2D eigenvalue weighted by Gasteiger charge is 2.62. The summed E-state index contributed by atoms with van der Waals surface area (Å²) in [4.78, 5) is 9.13. The van der Waals surface area contributed by atoms with Crippen molar-refractivity contribution in [3.63, 3.8) is 0 Å². The first-order valence-corrected chi connectivity index (χ1v) is 7.15. The molecule has 2 atom stereocenters. The Morgan fingerprint density at radius 3 is 2.89 bits per heavy atom. The van der Waals surface area contributed by atoms with Crippen LogP contribution in [-0.4, -0.2) is 22.4 Å². The van der Waals surface area contributed by atoms with E-state index in [0.717, 1.165) is 18.5 Å². The van der Waals surface area contributed by atoms with Crippen LogP contribution in [0.15, 0.2) is 29.4 Å². The maximum atomic E-state index is 9.95. The normalized spacial score (nSPS) is 34.1. The molecule has 0 aromatic carbocycles. The van der Waals surface area contributed by atoms with Crippen molar-refractivity contribution in [3.8, 4) is 0 Å². The lowest BCUT2D eigenvalue weighted by molar-refractivity contribution is 0.0920. The molecule has 2 saturated carbocycles. The minimum Gasteiger partial charge on any atom is -0.395 e.